The van der Waals surface area contributed by atoms with Crippen molar-refractivity contribution in [3.8, 4) is 0 Å². The fraction of sp³-hybridized carbons (Fsp3) is 0.500. The molecule has 1 aliphatic heterocycles. The Morgan fingerprint density at radius 3 is 2.71 bits per heavy atom. The van der Waals surface area contributed by atoms with E-state index in [2.05, 4.69) is 11.9 Å². The molecule has 9 heteroatoms. The first-order valence-corrected chi connectivity index (χ1v) is 11.4. The summed E-state index contributed by atoms with van der Waals surface area (Å²) >= 11 is 12.9. The smallest absolute Gasteiger partial charge is 0.331 e. The van der Waals surface area contributed by atoms with E-state index in [0.717, 1.165) is 30.6 Å². The molecule has 1 N–H and O–H groups in total. The predicted molar refractivity (Wildman–Crippen MR) is 121 cm³/mol. The predicted octanol–water partition coefficient (Wildman–Crippen LogP) is 4.38. The molecule has 3 rings (SSSR count). The summed E-state index contributed by atoms with van der Waals surface area (Å²) in [6.45, 7) is 2.18. The molecule has 1 saturated heterocycles. The molecule has 1 aromatic rings. The Hall–Kier alpha value is -2.25. The average molecular weight is 467 g/mol. The molecular weight excluding hydrogens is 439 g/mol. The minimum absolute atomic E-state index is 0.309. The molecule has 2 unspecified atom stereocenters. The number of amides is 4. The Morgan fingerprint density at radius 2 is 2.06 bits per heavy atom. The van der Waals surface area contributed by atoms with Gasteiger partial charge in [-0.1, -0.05) is 49.9 Å². The van der Waals surface area contributed by atoms with Crippen LogP contribution in [0.3, 0.4) is 0 Å². The molecule has 31 heavy (non-hydrogen) atoms. The van der Waals surface area contributed by atoms with Crippen LogP contribution in [0.5, 0.6) is 0 Å². The number of nitrogens with zero attached hydrogens (tertiary/aromatic N) is 3. The minimum Gasteiger partial charge on any atom is -0.367 e. The molecular formula is C22H28Cl2N4O3. The van der Waals surface area contributed by atoms with Gasteiger partial charge in [-0.3, -0.25) is 19.4 Å². The van der Waals surface area contributed by atoms with E-state index in [1.807, 2.05) is 6.08 Å². The van der Waals surface area contributed by atoms with Crippen LogP contribution in [0.25, 0.3) is 0 Å². The van der Waals surface area contributed by atoms with Crippen molar-refractivity contribution in [1.29, 1.82) is 0 Å². The fourth-order valence-corrected chi connectivity index (χ4v) is 4.63. The van der Waals surface area contributed by atoms with Crippen molar-refractivity contribution in [2.45, 2.75) is 50.4 Å². The number of aromatic nitrogens is 1. The lowest BCUT2D eigenvalue weighted by atomic mass is 10.0. The summed E-state index contributed by atoms with van der Waals surface area (Å²) in [4.78, 5) is 46.4. The van der Waals surface area contributed by atoms with Gasteiger partial charge in [-0.05, 0) is 12.5 Å². The average Bonchev–Trinajstić information content (AvgIpc) is 3.26. The molecule has 1 fully saturated rings. The van der Waals surface area contributed by atoms with Gasteiger partial charge in [0, 0.05) is 43.0 Å². The zero-order valence-electron chi connectivity index (χ0n) is 17.8. The van der Waals surface area contributed by atoms with E-state index in [0.29, 0.717) is 29.3 Å². The maximum absolute atomic E-state index is 13.6. The molecule has 1 aromatic heterocycles. The van der Waals surface area contributed by atoms with Crippen molar-refractivity contribution >= 4 is 41.0 Å². The van der Waals surface area contributed by atoms with Crippen LogP contribution in [0.4, 0.5) is 4.79 Å². The van der Waals surface area contributed by atoms with Gasteiger partial charge in [0.2, 0.25) is 5.91 Å². The molecule has 0 spiro atoms. The third-order valence-electron chi connectivity index (χ3n) is 5.64. The van der Waals surface area contributed by atoms with Crippen LogP contribution in [-0.4, -0.2) is 63.0 Å². The van der Waals surface area contributed by atoms with E-state index in [1.54, 1.807) is 31.6 Å². The van der Waals surface area contributed by atoms with Crippen LogP contribution in [0.2, 0.25) is 0 Å². The van der Waals surface area contributed by atoms with Crippen LogP contribution in [0.1, 0.15) is 50.6 Å². The largest absolute Gasteiger partial charge is 0.367 e. The number of nitrogens with one attached hydrogen (secondary N) is 1. The molecule has 0 aromatic carbocycles. The number of rotatable bonds is 7. The van der Waals surface area contributed by atoms with E-state index in [-0.39, 0.29) is 12.5 Å². The molecule has 2 atom stereocenters. The van der Waals surface area contributed by atoms with E-state index in [4.69, 9.17) is 23.2 Å². The van der Waals surface area contributed by atoms with Gasteiger partial charge in [-0.2, -0.15) is 0 Å². The highest BCUT2D eigenvalue weighted by Crippen LogP contribution is 2.32. The number of imide groups is 1. The first-order valence-electron chi connectivity index (χ1n) is 10.6. The molecule has 0 bridgehead atoms. The second kappa shape index (κ2) is 10.4. The number of H-pyrrole nitrogens is 1. The molecule has 1 aliphatic carbocycles. The van der Waals surface area contributed by atoms with Crippen molar-refractivity contribution in [2.24, 2.45) is 0 Å². The number of hydrogen-bond donors (Lipinski definition) is 1. The quantitative estimate of drug-likeness (QED) is 0.368. The third-order valence-corrected chi connectivity index (χ3v) is 6.34. The van der Waals surface area contributed by atoms with Crippen LogP contribution in [-0.2, 0) is 9.59 Å². The number of urea groups is 1. The van der Waals surface area contributed by atoms with Gasteiger partial charge in [-0.25, -0.2) is 4.79 Å². The SMILES string of the molecule is CCCCCCN(C(=O)N1CC(=O)N(C)C(c2cc[nH]c2)C1=O)C1=C(Cl)CC=CC1Cl. The third kappa shape index (κ3) is 4.99. The van der Waals surface area contributed by atoms with Crippen LogP contribution >= 0.6 is 23.2 Å². The van der Waals surface area contributed by atoms with Crippen LogP contribution < -0.4 is 0 Å². The first-order chi connectivity index (χ1) is 14.9. The zero-order valence-corrected chi connectivity index (χ0v) is 19.3. The van der Waals surface area contributed by atoms with Crippen molar-refractivity contribution in [1.82, 2.24) is 19.7 Å². The van der Waals surface area contributed by atoms with Crippen molar-refractivity contribution in [3.05, 3.63) is 46.9 Å². The number of halogens is 2. The highest BCUT2D eigenvalue weighted by molar-refractivity contribution is 6.32. The summed E-state index contributed by atoms with van der Waals surface area (Å²) in [7, 11) is 1.57. The minimum atomic E-state index is -0.860. The highest BCUT2D eigenvalue weighted by Gasteiger charge is 2.43. The van der Waals surface area contributed by atoms with E-state index in [1.165, 1.54) is 9.80 Å². The Bertz CT molecular complexity index is 881. The van der Waals surface area contributed by atoms with Crippen molar-refractivity contribution in [3.63, 3.8) is 0 Å². The summed E-state index contributed by atoms with van der Waals surface area (Å²) in [6, 6.07) is 0.307. The zero-order chi connectivity index (χ0) is 22.5. The van der Waals surface area contributed by atoms with Crippen LogP contribution in [0, 0.1) is 0 Å². The molecule has 2 aliphatic rings. The lowest BCUT2D eigenvalue weighted by Gasteiger charge is -2.40. The Kier molecular flexibility index (Phi) is 7.84. The van der Waals surface area contributed by atoms with E-state index in [9.17, 15) is 14.4 Å². The van der Waals surface area contributed by atoms with Gasteiger partial charge in [0.1, 0.15) is 12.6 Å². The number of alkyl halides is 1. The summed E-state index contributed by atoms with van der Waals surface area (Å²) in [5, 5.41) is -0.100. The maximum Gasteiger partial charge on any atom is 0.331 e. The Morgan fingerprint density at radius 1 is 1.29 bits per heavy atom. The molecule has 4 amide bonds. The number of aromatic amines is 1. The molecule has 168 valence electrons. The summed E-state index contributed by atoms with van der Waals surface area (Å²) in [5.41, 5.74) is 1.12. The second-order valence-electron chi connectivity index (χ2n) is 7.79. The number of piperazine rings is 1. The summed E-state index contributed by atoms with van der Waals surface area (Å²) in [5.74, 6) is -0.754. The topological polar surface area (TPSA) is 76.7 Å². The van der Waals surface area contributed by atoms with Gasteiger partial charge < -0.3 is 9.88 Å². The first kappa shape index (κ1) is 23.4. The number of likely N-dealkylation sites (N-methyl/N-ethyl adjacent to an activating group) is 1. The molecule has 0 radical (unpaired) electrons. The Labute approximate surface area is 192 Å². The van der Waals surface area contributed by atoms with Gasteiger partial charge in [0.15, 0.2) is 0 Å². The summed E-state index contributed by atoms with van der Waals surface area (Å²) < 4.78 is 0. The number of carbonyl (C=O) groups is 3. The fourth-order valence-electron chi connectivity index (χ4n) is 3.91. The monoisotopic (exact) mass is 466 g/mol. The number of unbranched alkanes of at least 4 members (excludes halogenated alkanes) is 3. The number of hydrogen-bond acceptors (Lipinski definition) is 3. The molecule has 0 saturated carbocycles. The van der Waals surface area contributed by atoms with Crippen molar-refractivity contribution < 1.29 is 14.4 Å². The molecule has 7 nitrogen and oxygen atoms in total. The van der Waals surface area contributed by atoms with Gasteiger partial charge >= 0.3 is 6.03 Å². The molecule has 2 heterocycles. The van der Waals surface area contributed by atoms with E-state index >= 15 is 0 Å². The van der Waals surface area contributed by atoms with Gasteiger partial charge in [0.05, 0.1) is 11.1 Å². The summed E-state index contributed by atoms with van der Waals surface area (Å²) in [6.07, 6.45) is 11.2. The second-order valence-corrected chi connectivity index (χ2v) is 8.72. The van der Waals surface area contributed by atoms with Crippen LogP contribution in [0.15, 0.2) is 41.3 Å². The number of carbonyl (C=O) groups excluding carboxylic acids is 3. The van der Waals surface area contributed by atoms with Gasteiger partial charge in [-0.15, -0.1) is 11.6 Å². The normalized spacial score (nSPS) is 21.8. The standard InChI is InChI=1S/C22H28Cl2N4O3/c1-3-4-5-6-12-27(20-16(23)8-7-9-17(20)24)22(31)28-14-18(29)26(2)19(21(28)30)15-10-11-25-13-15/h7-8,10-11,13,16,19,25H,3-6,9,12,14H2,1-2H3. The van der Waals surface area contributed by atoms with Gasteiger partial charge in [0.25, 0.3) is 5.91 Å². The lowest BCUT2D eigenvalue weighted by Crippen LogP contribution is -2.59. The number of allylic oxidation sites excluding steroid dienone is 3. The maximum atomic E-state index is 13.6. The van der Waals surface area contributed by atoms with E-state index < -0.39 is 23.4 Å². The highest BCUT2D eigenvalue weighted by atomic mass is 35.5. The van der Waals surface area contributed by atoms with Crippen molar-refractivity contribution in [2.75, 3.05) is 20.1 Å². The Balaban J connectivity index is 1.90. The lowest BCUT2D eigenvalue weighted by molar-refractivity contribution is -0.152.